The van der Waals surface area contributed by atoms with E-state index in [4.69, 9.17) is 5.73 Å². The fraction of sp³-hybridized carbons (Fsp3) is 0.526. The molecule has 1 unspecified atom stereocenters. The van der Waals surface area contributed by atoms with Crippen molar-refractivity contribution in [3.63, 3.8) is 0 Å². The Hall–Kier alpha value is -1.92. The van der Waals surface area contributed by atoms with E-state index in [1.807, 2.05) is 26.0 Å². The van der Waals surface area contributed by atoms with E-state index in [1.54, 1.807) is 6.07 Å². The van der Waals surface area contributed by atoms with Crippen molar-refractivity contribution in [1.29, 1.82) is 0 Å². The summed E-state index contributed by atoms with van der Waals surface area (Å²) in [5.74, 6) is 0.328. The van der Waals surface area contributed by atoms with Crippen molar-refractivity contribution in [2.45, 2.75) is 52.6 Å². The number of aromatic nitrogens is 2. The van der Waals surface area contributed by atoms with Gasteiger partial charge < -0.3 is 11.1 Å². The van der Waals surface area contributed by atoms with Crippen LogP contribution >= 0.6 is 12.4 Å². The summed E-state index contributed by atoms with van der Waals surface area (Å²) in [5, 5.41) is 3.59. The number of para-hydroxylation sites is 1. The summed E-state index contributed by atoms with van der Waals surface area (Å²) in [6.45, 7) is 8.76. The van der Waals surface area contributed by atoms with Crippen LogP contribution in [-0.4, -0.2) is 27.5 Å². The van der Waals surface area contributed by atoms with Crippen LogP contribution in [0.1, 0.15) is 39.2 Å². The minimum Gasteiger partial charge on any atom is -0.350 e. The van der Waals surface area contributed by atoms with Crippen LogP contribution in [-0.2, 0) is 11.3 Å². The number of carbonyl (C=O) groups is 1. The quantitative estimate of drug-likeness (QED) is 0.771. The third-order valence-electron chi connectivity index (χ3n) is 4.39. The van der Waals surface area contributed by atoms with Crippen LogP contribution in [0.25, 0.3) is 10.9 Å². The maximum atomic E-state index is 12.6. The van der Waals surface area contributed by atoms with Crippen LogP contribution in [0.4, 0.5) is 0 Å². The van der Waals surface area contributed by atoms with Gasteiger partial charge in [0.1, 0.15) is 0 Å². The van der Waals surface area contributed by atoms with Crippen LogP contribution in [0.5, 0.6) is 0 Å². The second-order valence-corrected chi connectivity index (χ2v) is 7.38. The second kappa shape index (κ2) is 9.14. The third kappa shape index (κ3) is 5.29. The number of nitrogens with zero attached hydrogens (tertiary/aromatic N) is 2. The molecule has 0 aliphatic heterocycles. The van der Waals surface area contributed by atoms with E-state index in [0.717, 1.165) is 12.0 Å². The summed E-state index contributed by atoms with van der Waals surface area (Å²) in [6.07, 6.45) is 2.54. The van der Waals surface area contributed by atoms with Crippen molar-refractivity contribution in [2.75, 3.05) is 6.54 Å². The molecular formula is C19H29ClN4O2. The van der Waals surface area contributed by atoms with Crippen LogP contribution < -0.4 is 16.6 Å². The number of hydrogen-bond acceptors (Lipinski definition) is 4. The number of rotatable bonds is 7. The molecule has 0 bridgehead atoms. The van der Waals surface area contributed by atoms with Crippen molar-refractivity contribution in [2.24, 2.45) is 11.7 Å². The number of nitrogens with one attached hydrogen (secondary N) is 1. The smallest absolute Gasteiger partial charge is 0.261 e. The van der Waals surface area contributed by atoms with E-state index in [9.17, 15) is 9.59 Å². The Morgan fingerprint density at radius 2 is 2.08 bits per heavy atom. The summed E-state index contributed by atoms with van der Waals surface area (Å²) in [4.78, 5) is 29.2. The van der Waals surface area contributed by atoms with Crippen molar-refractivity contribution in [3.8, 4) is 0 Å². The molecule has 0 aliphatic rings. The largest absolute Gasteiger partial charge is 0.350 e. The molecule has 26 heavy (non-hydrogen) atoms. The molecule has 1 amide bonds. The Bertz CT molecular complexity index is 819. The third-order valence-corrected chi connectivity index (χ3v) is 4.39. The summed E-state index contributed by atoms with van der Waals surface area (Å²) < 4.78 is 1.49. The maximum absolute atomic E-state index is 12.6. The average Bonchev–Trinajstić information content (AvgIpc) is 2.54. The number of benzene rings is 1. The lowest BCUT2D eigenvalue weighted by Crippen LogP contribution is -2.52. The van der Waals surface area contributed by atoms with E-state index >= 15 is 0 Å². The first-order valence-electron chi connectivity index (χ1n) is 8.71. The van der Waals surface area contributed by atoms with Gasteiger partial charge in [0.25, 0.3) is 5.56 Å². The molecule has 1 aromatic heterocycles. The van der Waals surface area contributed by atoms with E-state index < -0.39 is 5.54 Å². The molecule has 0 spiro atoms. The average molecular weight is 381 g/mol. The van der Waals surface area contributed by atoms with Gasteiger partial charge in [0, 0.05) is 25.0 Å². The molecule has 1 atom stereocenters. The molecule has 0 saturated carbocycles. The minimum atomic E-state index is -0.422. The number of aryl methyl sites for hydroxylation is 2. The van der Waals surface area contributed by atoms with Crippen molar-refractivity contribution >= 4 is 29.2 Å². The molecule has 0 saturated heterocycles. The molecule has 2 rings (SSSR count). The molecule has 144 valence electrons. The molecule has 0 fully saturated rings. The van der Waals surface area contributed by atoms with Crippen molar-refractivity contribution in [3.05, 3.63) is 40.4 Å². The zero-order valence-electron chi connectivity index (χ0n) is 15.9. The molecule has 1 aromatic carbocycles. The molecule has 7 heteroatoms. The van der Waals surface area contributed by atoms with Crippen molar-refractivity contribution in [1.82, 2.24) is 14.9 Å². The predicted molar refractivity (Wildman–Crippen MR) is 108 cm³/mol. The summed E-state index contributed by atoms with van der Waals surface area (Å²) in [6, 6.07) is 5.54. The molecule has 0 aliphatic carbocycles. The molecule has 2 aromatic rings. The van der Waals surface area contributed by atoms with Gasteiger partial charge in [0.2, 0.25) is 5.91 Å². The Labute approximate surface area is 160 Å². The molecular weight excluding hydrogens is 352 g/mol. The highest BCUT2D eigenvalue weighted by molar-refractivity contribution is 5.85. The van der Waals surface area contributed by atoms with Gasteiger partial charge in [-0.05, 0) is 37.8 Å². The molecule has 0 radical (unpaired) electrons. The van der Waals surface area contributed by atoms with E-state index in [0.29, 0.717) is 29.9 Å². The van der Waals surface area contributed by atoms with Gasteiger partial charge >= 0.3 is 0 Å². The number of fused-ring (bicyclic) bond motifs is 1. The van der Waals surface area contributed by atoms with Gasteiger partial charge in [-0.3, -0.25) is 14.2 Å². The summed E-state index contributed by atoms with van der Waals surface area (Å²) in [5.41, 5.74) is 6.96. The Balaban J connectivity index is 0.00000338. The van der Waals surface area contributed by atoms with Gasteiger partial charge in [-0.15, -0.1) is 12.4 Å². The van der Waals surface area contributed by atoms with Gasteiger partial charge in [0.15, 0.2) is 0 Å². The Morgan fingerprint density at radius 3 is 2.69 bits per heavy atom. The van der Waals surface area contributed by atoms with Crippen molar-refractivity contribution < 1.29 is 4.79 Å². The van der Waals surface area contributed by atoms with Crippen LogP contribution in [0.3, 0.4) is 0 Å². The first-order chi connectivity index (χ1) is 11.8. The lowest BCUT2D eigenvalue weighted by molar-refractivity contribution is -0.123. The van der Waals surface area contributed by atoms with Gasteiger partial charge in [0.05, 0.1) is 17.2 Å². The number of nitrogens with two attached hydrogens (primary N) is 1. The van der Waals surface area contributed by atoms with E-state index in [1.165, 1.54) is 10.9 Å². The number of hydrogen-bond donors (Lipinski definition) is 2. The van der Waals surface area contributed by atoms with E-state index in [-0.39, 0.29) is 30.3 Å². The fourth-order valence-corrected chi connectivity index (χ4v) is 3.20. The highest BCUT2D eigenvalue weighted by atomic mass is 35.5. The van der Waals surface area contributed by atoms with Crippen LogP contribution in [0.15, 0.2) is 29.3 Å². The lowest BCUT2D eigenvalue weighted by Gasteiger charge is -2.31. The summed E-state index contributed by atoms with van der Waals surface area (Å²) >= 11 is 0. The second-order valence-electron chi connectivity index (χ2n) is 7.38. The molecule has 1 heterocycles. The standard InChI is InChI=1S/C19H28N4O2.ClH/c1-13(2)10-19(4,11-20)22-16(24)8-9-23-12-21-17-14(3)6-5-7-15(17)18(23)25;/h5-7,12-13H,8-11,20H2,1-4H3,(H,22,24);1H. The molecule has 3 N–H and O–H groups in total. The monoisotopic (exact) mass is 380 g/mol. The zero-order valence-corrected chi connectivity index (χ0v) is 16.7. The first kappa shape index (κ1) is 22.1. The highest BCUT2D eigenvalue weighted by Gasteiger charge is 2.25. The highest BCUT2D eigenvalue weighted by Crippen LogP contribution is 2.15. The zero-order chi connectivity index (χ0) is 18.6. The van der Waals surface area contributed by atoms with Crippen LogP contribution in [0.2, 0.25) is 0 Å². The van der Waals surface area contributed by atoms with Gasteiger partial charge in [-0.25, -0.2) is 4.98 Å². The SMILES string of the molecule is Cc1cccc2c(=O)n(CCC(=O)NC(C)(CN)CC(C)C)cnc12.Cl. The summed E-state index contributed by atoms with van der Waals surface area (Å²) in [7, 11) is 0. The van der Waals surface area contributed by atoms with Gasteiger partial charge in [-0.1, -0.05) is 26.0 Å². The Kier molecular flexibility index (Phi) is 7.78. The van der Waals surface area contributed by atoms with Gasteiger partial charge in [-0.2, -0.15) is 0 Å². The topological polar surface area (TPSA) is 90.0 Å². The van der Waals surface area contributed by atoms with Crippen LogP contribution in [0, 0.1) is 12.8 Å². The first-order valence-corrected chi connectivity index (χ1v) is 8.71. The Morgan fingerprint density at radius 1 is 1.38 bits per heavy atom. The number of amides is 1. The predicted octanol–water partition coefficient (Wildman–Crippen LogP) is 2.40. The molecule has 6 nitrogen and oxygen atoms in total. The normalized spacial score (nSPS) is 13.3. The fourth-order valence-electron chi connectivity index (χ4n) is 3.20. The number of halogens is 1. The van der Waals surface area contributed by atoms with E-state index in [2.05, 4.69) is 24.1 Å². The number of carbonyl (C=O) groups excluding carboxylic acids is 1. The maximum Gasteiger partial charge on any atom is 0.261 e. The lowest BCUT2D eigenvalue weighted by atomic mass is 9.90. The minimum absolute atomic E-state index is 0.